The highest BCUT2D eigenvalue weighted by atomic mass is 32.1. The molecule has 4 heterocycles. The van der Waals surface area contributed by atoms with Gasteiger partial charge in [0, 0.05) is 54.9 Å². The lowest BCUT2D eigenvalue weighted by Gasteiger charge is -2.23. The van der Waals surface area contributed by atoms with Crippen LogP contribution in [0.3, 0.4) is 0 Å². The summed E-state index contributed by atoms with van der Waals surface area (Å²) in [6, 6.07) is 94.2. The molecular weight excluding hydrogens is 917 g/mol. The number of aromatic nitrogens is 4. The quantitative estimate of drug-likeness (QED) is 0.145. The van der Waals surface area contributed by atoms with Crippen molar-refractivity contribution in [3.63, 3.8) is 0 Å². The average Bonchev–Trinajstić information content (AvgIpc) is 4.10. The SMILES string of the molecule is c1ccc(-c2cc(-c3ccccc3)c3c(c2)c2cc(-c4ccccc4)cc(-c4ccccc4)c2n3-c2c(-c3ccccc3)cc(-c3nc(-c4ccccn4)nc4c3sc3ccccc34)cc2-c2ccccc2)cc1. The van der Waals surface area contributed by atoms with Crippen LogP contribution in [-0.4, -0.2) is 19.5 Å². The number of benzene rings is 10. The fourth-order valence-electron chi connectivity index (χ4n) is 10.9. The highest BCUT2D eigenvalue weighted by Crippen LogP contribution is 2.51. The molecule has 5 heteroatoms. The minimum Gasteiger partial charge on any atom is -0.307 e. The molecule has 346 valence electrons. The molecule has 0 saturated carbocycles. The van der Waals surface area contributed by atoms with E-state index in [1.165, 1.54) is 10.8 Å². The van der Waals surface area contributed by atoms with Crippen molar-refractivity contribution < 1.29 is 0 Å². The lowest BCUT2D eigenvalue weighted by Crippen LogP contribution is -2.04. The van der Waals surface area contributed by atoms with Crippen molar-refractivity contribution >= 4 is 53.4 Å². The molecule has 0 amide bonds. The minimum absolute atomic E-state index is 0.592. The van der Waals surface area contributed by atoms with Gasteiger partial charge in [-0.1, -0.05) is 206 Å². The van der Waals surface area contributed by atoms with Gasteiger partial charge >= 0.3 is 0 Å². The van der Waals surface area contributed by atoms with E-state index in [2.05, 4.69) is 247 Å². The van der Waals surface area contributed by atoms with Gasteiger partial charge in [-0.25, -0.2) is 9.97 Å². The molecule has 4 aromatic heterocycles. The first-order valence-electron chi connectivity index (χ1n) is 25.0. The highest BCUT2D eigenvalue weighted by Gasteiger charge is 2.28. The number of nitrogens with zero attached hydrogens (tertiary/aromatic N) is 4. The fourth-order valence-corrected chi connectivity index (χ4v) is 12.0. The van der Waals surface area contributed by atoms with E-state index >= 15 is 0 Å². The molecule has 0 bridgehead atoms. The van der Waals surface area contributed by atoms with Crippen molar-refractivity contribution in [3.8, 4) is 95.2 Å². The molecule has 10 aromatic carbocycles. The third-order valence-corrected chi connectivity index (χ3v) is 15.4. The molecule has 0 unspecified atom stereocenters. The fraction of sp³-hybridized carbons (Fsp3) is 0. The summed E-state index contributed by atoms with van der Waals surface area (Å²) in [7, 11) is 0. The average molecular weight is 961 g/mol. The summed E-state index contributed by atoms with van der Waals surface area (Å²) in [4.78, 5) is 15.6. The van der Waals surface area contributed by atoms with Crippen LogP contribution in [0.2, 0.25) is 0 Å². The molecule has 0 spiro atoms. The Balaban J connectivity index is 1.20. The van der Waals surface area contributed by atoms with Crippen LogP contribution in [-0.2, 0) is 0 Å². The number of hydrogen-bond donors (Lipinski definition) is 0. The lowest BCUT2D eigenvalue weighted by molar-refractivity contribution is 1.17. The predicted octanol–water partition coefficient (Wildman–Crippen LogP) is 18.7. The molecule has 14 aromatic rings. The molecule has 0 radical (unpaired) electrons. The number of fused-ring (bicyclic) bond motifs is 6. The number of rotatable bonds is 9. The van der Waals surface area contributed by atoms with Gasteiger partial charge in [0.25, 0.3) is 0 Å². The van der Waals surface area contributed by atoms with Gasteiger partial charge in [-0.2, -0.15) is 0 Å². The molecule has 4 nitrogen and oxygen atoms in total. The van der Waals surface area contributed by atoms with Crippen LogP contribution in [0.4, 0.5) is 0 Å². The summed E-state index contributed by atoms with van der Waals surface area (Å²) < 4.78 is 4.81. The first kappa shape index (κ1) is 43.3. The lowest BCUT2D eigenvalue weighted by atomic mass is 9.91. The van der Waals surface area contributed by atoms with Gasteiger partial charge in [0.15, 0.2) is 5.82 Å². The molecule has 14 rings (SSSR count). The van der Waals surface area contributed by atoms with Crippen molar-refractivity contribution in [2.24, 2.45) is 0 Å². The molecule has 0 saturated heterocycles. The zero-order chi connectivity index (χ0) is 49.0. The standard InChI is InChI=1S/C69H44N4S/c1-7-23-45(24-8-1)51-39-55(47-27-11-3-12-28-47)66-59(41-51)60-42-52(46-25-9-2-10-26-46)40-56(48-29-13-4-14-30-48)67(60)73(66)65-57(49-31-15-5-16-32-49)43-53(44-58(65)50-33-17-6-18-34-50)63-68-64(54-35-19-20-37-62(54)74-68)72-69(71-63)61-36-21-22-38-70-61/h1-44H. The van der Waals surface area contributed by atoms with Crippen LogP contribution in [0.5, 0.6) is 0 Å². The molecule has 0 aliphatic heterocycles. The van der Waals surface area contributed by atoms with Gasteiger partial charge < -0.3 is 4.57 Å². The Labute approximate surface area is 432 Å². The third-order valence-electron chi connectivity index (χ3n) is 14.2. The first-order chi connectivity index (χ1) is 36.7. The second kappa shape index (κ2) is 18.2. The Morgan fingerprint density at radius 3 is 1.22 bits per heavy atom. The Morgan fingerprint density at radius 2 is 0.743 bits per heavy atom. The Hall–Kier alpha value is -9.55. The van der Waals surface area contributed by atoms with Gasteiger partial charge in [0.05, 0.1) is 32.6 Å². The van der Waals surface area contributed by atoms with Crippen molar-refractivity contribution in [3.05, 3.63) is 267 Å². The van der Waals surface area contributed by atoms with Crippen LogP contribution in [0.25, 0.3) is 137 Å². The van der Waals surface area contributed by atoms with Crippen LogP contribution < -0.4 is 0 Å². The maximum atomic E-state index is 5.51. The molecule has 0 atom stereocenters. The number of pyridine rings is 1. The Morgan fingerprint density at radius 1 is 0.324 bits per heavy atom. The van der Waals surface area contributed by atoms with E-state index in [0.717, 1.165) is 121 Å². The second-order valence-corrected chi connectivity index (χ2v) is 19.7. The molecule has 0 fully saturated rings. The van der Waals surface area contributed by atoms with Gasteiger partial charge in [0.1, 0.15) is 5.69 Å². The van der Waals surface area contributed by atoms with E-state index < -0.39 is 0 Å². The van der Waals surface area contributed by atoms with Gasteiger partial charge in [-0.15, -0.1) is 11.3 Å². The topological polar surface area (TPSA) is 43.6 Å². The summed E-state index contributed by atoms with van der Waals surface area (Å²) in [5.74, 6) is 0.592. The Bertz CT molecular complexity index is 4160. The van der Waals surface area contributed by atoms with E-state index in [1.807, 2.05) is 24.4 Å². The van der Waals surface area contributed by atoms with Gasteiger partial charge in [-0.05, 0) is 99.1 Å². The van der Waals surface area contributed by atoms with E-state index in [4.69, 9.17) is 15.0 Å². The molecule has 0 aliphatic rings. The smallest absolute Gasteiger partial charge is 0.179 e. The van der Waals surface area contributed by atoms with Crippen molar-refractivity contribution in [2.45, 2.75) is 0 Å². The van der Waals surface area contributed by atoms with Gasteiger partial charge in [-0.3, -0.25) is 4.98 Å². The molecule has 0 aliphatic carbocycles. The monoisotopic (exact) mass is 960 g/mol. The van der Waals surface area contributed by atoms with Crippen LogP contribution in [0, 0.1) is 0 Å². The summed E-state index contributed by atoms with van der Waals surface area (Å²) in [5.41, 5.74) is 20.4. The maximum absolute atomic E-state index is 5.51. The van der Waals surface area contributed by atoms with Crippen molar-refractivity contribution in [1.29, 1.82) is 0 Å². The summed E-state index contributed by atoms with van der Waals surface area (Å²) >= 11 is 1.74. The zero-order valence-electron chi connectivity index (χ0n) is 40.1. The van der Waals surface area contributed by atoms with E-state index in [9.17, 15) is 0 Å². The van der Waals surface area contributed by atoms with E-state index in [-0.39, 0.29) is 0 Å². The molecular formula is C69H44N4S. The van der Waals surface area contributed by atoms with E-state index in [0.29, 0.717) is 5.82 Å². The summed E-state index contributed by atoms with van der Waals surface area (Å²) in [5, 5.41) is 3.44. The van der Waals surface area contributed by atoms with Crippen molar-refractivity contribution in [1.82, 2.24) is 19.5 Å². The van der Waals surface area contributed by atoms with Crippen LogP contribution in [0.15, 0.2) is 267 Å². The molecule has 0 N–H and O–H groups in total. The predicted molar refractivity (Wildman–Crippen MR) is 311 cm³/mol. The Kier molecular flexibility index (Phi) is 10.7. The highest BCUT2D eigenvalue weighted by molar-refractivity contribution is 7.26. The van der Waals surface area contributed by atoms with Crippen molar-refractivity contribution in [2.75, 3.05) is 0 Å². The van der Waals surface area contributed by atoms with Gasteiger partial charge in [0.2, 0.25) is 0 Å². The normalized spacial score (nSPS) is 11.5. The number of hydrogen-bond acceptors (Lipinski definition) is 4. The van der Waals surface area contributed by atoms with E-state index in [1.54, 1.807) is 11.3 Å². The first-order valence-corrected chi connectivity index (χ1v) is 25.8. The van der Waals surface area contributed by atoms with Crippen LogP contribution >= 0.6 is 11.3 Å². The number of thiophene rings is 1. The largest absolute Gasteiger partial charge is 0.307 e. The molecule has 74 heavy (non-hydrogen) atoms. The zero-order valence-corrected chi connectivity index (χ0v) is 40.9. The second-order valence-electron chi connectivity index (χ2n) is 18.7. The summed E-state index contributed by atoms with van der Waals surface area (Å²) in [6.07, 6.45) is 1.81. The third kappa shape index (κ3) is 7.49. The summed E-state index contributed by atoms with van der Waals surface area (Å²) in [6.45, 7) is 0. The van der Waals surface area contributed by atoms with Crippen LogP contribution in [0.1, 0.15) is 0 Å². The maximum Gasteiger partial charge on any atom is 0.179 e. The minimum atomic E-state index is 0.592.